The van der Waals surface area contributed by atoms with E-state index in [1.165, 1.54) is 13.8 Å². The molecule has 1 aromatic carbocycles. The molecule has 4 nitrogen and oxygen atoms in total. The number of aliphatic hydroxyl groups is 1. The predicted molar refractivity (Wildman–Crippen MR) is 60.7 cm³/mol. The van der Waals surface area contributed by atoms with Crippen LogP contribution >= 0.6 is 0 Å². The number of benzene rings is 1. The van der Waals surface area contributed by atoms with E-state index in [0.29, 0.717) is 22.6 Å². The molecular weight excluding hydrogens is 225 g/mol. The van der Waals surface area contributed by atoms with E-state index >= 15 is 0 Å². The highest BCUT2D eigenvalue weighted by Gasteiger charge is 2.29. The quantitative estimate of drug-likeness (QED) is 0.843. The fraction of sp³-hybridized carbons (Fsp3) is 0.500. The lowest BCUT2D eigenvalue weighted by molar-refractivity contribution is 0.170. The Bertz CT molecular complexity index is 428. The molecule has 94 valence electrons. The molecule has 1 unspecified atom stereocenters. The van der Waals surface area contributed by atoms with Gasteiger partial charge in [-0.1, -0.05) is 0 Å². The number of alkyl halides is 1. The van der Waals surface area contributed by atoms with Gasteiger partial charge in [0.05, 0.1) is 6.10 Å². The molecule has 1 aromatic rings. The van der Waals surface area contributed by atoms with Crippen molar-refractivity contribution in [1.29, 1.82) is 0 Å². The van der Waals surface area contributed by atoms with Crippen LogP contribution in [0.15, 0.2) is 12.1 Å². The molecule has 1 aliphatic heterocycles. The third kappa shape index (κ3) is 2.21. The molecule has 0 fully saturated rings. The van der Waals surface area contributed by atoms with E-state index in [4.69, 9.17) is 15.2 Å². The molecular formula is C12H16FNO3. The molecule has 17 heavy (non-hydrogen) atoms. The molecule has 0 aliphatic carbocycles. The van der Waals surface area contributed by atoms with Crippen molar-refractivity contribution in [3.63, 3.8) is 0 Å². The van der Waals surface area contributed by atoms with E-state index in [2.05, 4.69) is 0 Å². The van der Waals surface area contributed by atoms with Crippen LogP contribution in [0.4, 0.5) is 4.39 Å². The Morgan fingerprint density at radius 1 is 1.41 bits per heavy atom. The van der Waals surface area contributed by atoms with Crippen LogP contribution in [0.25, 0.3) is 0 Å². The summed E-state index contributed by atoms with van der Waals surface area (Å²) in [5, 5.41) is 9.82. The SMILES string of the molecule is CC(C)(F)c1cc2c(cc1C(O)CN)OCO2. The number of fused-ring (bicyclic) bond motifs is 1. The van der Waals surface area contributed by atoms with Crippen LogP contribution in [0.5, 0.6) is 11.5 Å². The minimum atomic E-state index is -1.58. The highest BCUT2D eigenvalue weighted by molar-refractivity contribution is 5.51. The van der Waals surface area contributed by atoms with Crippen molar-refractivity contribution in [1.82, 2.24) is 0 Å². The smallest absolute Gasteiger partial charge is 0.231 e. The van der Waals surface area contributed by atoms with Crippen molar-refractivity contribution in [2.45, 2.75) is 25.6 Å². The Labute approximate surface area is 99.1 Å². The first-order valence-corrected chi connectivity index (χ1v) is 5.44. The van der Waals surface area contributed by atoms with Gasteiger partial charge < -0.3 is 20.3 Å². The molecule has 1 aliphatic rings. The maximum atomic E-state index is 14.1. The lowest BCUT2D eigenvalue weighted by atomic mass is 9.91. The Hall–Kier alpha value is -1.33. The largest absolute Gasteiger partial charge is 0.454 e. The molecule has 3 N–H and O–H groups in total. The highest BCUT2D eigenvalue weighted by Crippen LogP contribution is 2.41. The number of ether oxygens (including phenoxy) is 2. The van der Waals surface area contributed by atoms with Crippen molar-refractivity contribution in [3.05, 3.63) is 23.3 Å². The van der Waals surface area contributed by atoms with Gasteiger partial charge in [0.2, 0.25) is 6.79 Å². The summed E-state index contributed by atoms with van der Waals surface area (Å²) < 4.78 is 24.5. The zero-order valence-electron chi connectivity index (χ0n) is 9.87. The minimum absolute atomic E-state index is 0.0305. The summed E-state index contributed by atoms with van der Waals surface area (Å²) >= 11 is 0. The van der Waals surface area contributed by atoms with Gasteiger partial charge in [0.1, 0.15) is 5.67 Å². The van der Waals surface area contributed by atoms with E-state index in [0.717, 1.165) is 0 Å². The normalized spacial score (nSPS) is 16.1. The van der Waals surface area contributed by atoms with Crippen LogP contribution in [0.3, 0.4) is 0 Å². The van der Waals surface area contributed by atoms with Crippen LogP contribution in [0.2, 0.25) is 0 Å². The van der Waals surface area contributed by atoms with E-state index in [1.807, 2.05) is 0 Å². The second kappa shape index (κ2) is 4.16. The van der Waals surface area contributed by atoms with Crippen LogP contribution in [0.1, 0.15) is 31.1 Å². The lowest BCUT2D eigenvalue weighted by Gasteiger charge is -2.22. The fourth-order valence-electron chi connectivity index (χ4n) is 1.88. The Morgan fingerprint density at radius 2 is 2.00 bits per heavy atom. The van der Waals surface area contributed by atoms with Crippen molar-refractivity contribution >= 4 is 0 Å². The zero-order valence-corrected chi connectivity index (χ0v) is 9.87. The zero-order chi connectivity index (χ0) is 12.6. The van der Waals surface area contributed by atoms with Crippen LogP contribution in [-0.4, -0.2) is 18.4 Å². The van der Waals surface area contributed by atoms with E-state index in [1.54, 1.807) is 12.1 Å². The van der Waals surface area contributed by atoms with Crippen molar-refractivity contribution < 1.29 is 19.0 Å². The molecule has 0 bridgehead atoms. The average Bonchev–Trinajstić information content (AvgIpc) is 2.72. The number of aliphatic hydroxyl groups excluding tert-OH is 1. The molecule has 1 heterocycles. The molecule has 5 heteroatoms. The monoisotopic (exact) mass is 241 g/mol. The van der Waals surface area contributed by atoms with Crippen LogP contribution < -0.4 is 15.2 Å². The van der Waals surface area contributed by atoms with Gasteiger partial charge in [0, 0.05) is 6.54 Å². The van der Waals surface area contributed by atoms with E-state index in [9.17, 15) is 9.50 Å². The molecule has 0 radical (unpaired) electrons. The van der Waals surface area contributed by atoms with Gasteiger partial charge in [-0.15, -0.1) is 0 Å². The van der Waals surface area contributed by atoms with Crippen LogP contribution in [-0.2, 0) is 5.67 Å². The van der Waals surface area contributed by atoms with Crippen LogP contribution in [0, 0.1) is 0 Å². The maximum absolute atomic E-state index is 14.1. The molecule has 1 atom stereocenters. The standard InChI is InChI=1S/C12H16FNO3/c1-12(2,13)8-4-11-10(16-6-17-11)3-7(8)9(15)5-14/h3-4,9,15H,5-6,14H2,1-2H3. The summed E-state index contributed by atoms with van der Waals surface area (Å²) in [5.74, 6) is 1.01. The molecule has 2 rings (SSSR count). The number of hydrogen-bond acceptors (Lipinski definition) is 4. The lowest BCUT2D eigenvalue weighted by Crippen LogP contribution is -2.19. The van der Waals surface area contributed by atoms with Gasteiger partial charge in [-0.05, 0) is 37.1 Å². The van der Waals surface area contributed by atoms with E-state index in [-0.39, 0.29) is 13.3 Å². The molecule has 0 aromatic heterocycles. The van der Waals surface area contributed by atoms with Crippen molar-refractivity contribution in [3.8, 4) is 11.5 Å². The third-order valence-corrected chi connectivity index (χ3v) is 2.77. The number of hydrogen-bond donors (Lipinski definition) is 2. The van der Waals surface area contributed by atoms with E-state index < -0.39 is 11.8 Å². The van der Waals surface area contributed by atoms with Gasteiger partial charge in [-0.2, -0.15) is 0 Å². The number of halogens is 1. The fourth-order valence-corrected chi connectivity index (χ4v) is 1.88. The molecule has 0 amide bonds. The van der Waals surface area contributed by atoms with Crippen molar-refractivity contribution in [2.75, 3.05) is 13.3 Å². The molecule has 0 spiro atoms. The summed E-state index contributed by atoms with van der Waals surface area (Å²) in [4.78, 5) is 0. The minimum Gasteiger partial charge on any atom is -0.454 e. The predicted octanol–water partition coefficient (Wildman–Crippen LogP) is 1.61. The number of nitrogens with two attached hydrogens (primary N) is 1. The molecule has 0 saturated carbocycles. The summed E-state index contributed by atoms with van der Waals surface area (Å²) in [6.07, 6.45) is -0.908. The van der Waals surface area contributed by atoms with Gasteiger partial charge >= 0.3 is 0 Å². The van der Waals surface area contributed by atoms with Gasteiger partial charge in [-0.25, -0.2) is 4.39 Å². The van der Waals surface area contributed by atoms with Crippen molar-refractivity contribution in [2.24, 2.45) is 5.73 Å². The first-order chi connectivity index (χ1) is 7.93. The molecule has 0 saturated heterocycles. The Morgan fingerprint density at radius 3 is 2.53 bits per heavy atom. The third-order valence-electron chi connectivity index (χ3n) is 2.77. The summed E-state index contributed by atoms with van der Waals surface area (Å²) in [6.45, 7) is 3.00. The average molecular weight is 241 g/mol. The summed E-state index contributed by atoms with van der Waals surface area (Å²) in [6, 6.07) is 3.16. The second-order valence-corrected chi connectivity index (χ2v) is 4.52. The number of rotatable bonds is 3. The Kier molecular flexibility index (Phi) is 2.97. The van der Waals surface area contributed by atoms with Gasteiger partial charge in [0.15, 0.2) is 11.5 Å². The highest BCUT2D eigenvalue weighted by atomic mass is 19.1. The summed E-state index contributed by atoms with van der Waals surface area (Å²) in [7, 11) is 0. The van der Waals surface area contributed by atoms with Gasteiger partial charge in [-0.3, -0.25) is 0 Å². The Balaban J connectivity index is 2.55. The first-order valence-electron chi connectivity index (χ1n) is 5.44. The van der Waals surface area contributed by atoms with Gasteiger partial charge in [0.25, 0.3) is 0 Å². The second-order valence-electron chi connectivity index (χ2n) is 4.52. The first kappa shape index (κ1) is 12.1. The topological polar surface area (TPSA) is 64.7 Å². The maximum Gasteiger partial charge on any atom is 0.231 e. The summed E-state index contributed by atoms with van der Waals surface area (Å²) in [5.41, 5.74) is 4.66.